The molecule has 2 heterocycles. The number of pyridine rings is 1. The van der Waals surface area contributed by atoms with Crippen LogP contribution in [0.25, 0.3) is 21.8 Å². The monoisotopic (exact) mass is 361 g/mol. The molecule has 4 rings (SSSR count). The zero-order valence-corrected chi connectivity index (χ0v) is 15.3. The summed E-state index contributed by atoms with van der Waals surface area (Å²) in [7, 11) is 1.62. The first kappa shape index (κ1) is 17.0. The van der Waals surface area contributed by atoms with Crippen LogP contribution in [0.1, 0.15) is 30.2 Å². The van der Waals surface area contributed by atoms with Crippen molar-refractivity contribution in [3.05, 3.63) is 60.4 Å². The number of fused-ring (bicyclic) bond motifs is 2. The van der Waals surface area contributed by atoms with Crippen molar-refractivity contribution in [3.8, 4) is 11.5 Å². The Morgan fingerprint density at radius 1 is 0.963 bits per heavy atom. The van der Waals surface area contributed by atoms with Crippen molar-refractivity contribution >= 4 is 27.8 Å². The number of hydrogen-bond donors (Lipinski definition) is 0. The average molecular weight is 361 g/mol. The number of aromatic nitrogens is 3. The molecule has 6 heteroatoms. The van der Waals surface area contributed by atoms with Crippen LogP contribution in [0.3, 0.4) is 0 Å². The lowest BCUT2D eigenvalue weighted by atomic mass is 10.1. The quantitative estimate of drug-likeness (QED) is 0.398. The molecule has 0 atom stereocenters. The van der Waals surface area contributed by atoms with Gasteiger partial charge in [0, 0.05) is 17.6 Å². The number of methoxy groups -OCH3 is 1. The van der Waals surface area contributed by atoms with E-state index in [1.165, 1.54) is 6.20 Å². The van der Waals surface area contributed by atoms with Crippen LogP contribution in [-0.2, 0) is 0 Å². The number of nitrogens with zero attached hydrogens (tertiary/aromatic N) is 3. The van der Waals surface area contributed by atoms with Crippen molar-refractivity contribution in [2.45, 2.75) is 19.9 Å². The Morgan fingerprint density at radius 2 is 1.70 bits per heavy atom. The third kappa shape index (κ3) is 3.21. The van der Waals surface area contributed by atoms with Gasteiger partial charge in [0.05, 0.1) is 18.9 Å². The Balaban J connectivity index is 1.61. The molecule has 27 heavy (non-hydrogen) atoms. The number of carbonyl (C=O) groups is 1. The van der Waals surface area contributed by atoms with E-state index in [1.807, 2.05) is 48.9 Å². The van der Waals surface area contributed by atoms with Crippen molar-refractivity contribution in [1.82, 2.24) is 14.8 Å². The molecular weight excluding hydrogens is 342 g/mol. The van der Waals surface area contributed by atoms with E-state index >= 15 is 0 Å². The normalized spacial score (nSPS) is 11.3. The predicted molar refractivity (Wildman–Crippen MR) is 103 cm³/mol. The van der Waals surface area contributed by atoms with Gasteiger partial charge in [0.15, 0.2) is 5.65 Å². The standard InChI is InChI=1S/C21H19N3O3/c1-13(2)24-20-16(12-23-24)8-17(11-22-20)21(25)27-19-7-5-14-4-6-18(26-3)9-15(14)10-19/h4-13H,1-3H3. The van der Waals surface area contributed by atoms with E-state index in [0.29, 0.717) is 11.3 Å². The highest BCUT2D eigenvalue weighted by Gasteiger charge is 2.14. The van der Waals surface area contributed by atoms with Crippen molar-refractivity contribution in [2.24, 2.45) is 0 Å². The maximum atomic E-state index is 12.5. The number of hydrogen-bond acceptors (Lipinski definition) is 5. The molecule has 4 aromatic rings. The fourth-order valence-electron chi connectivity index (χ4n) is 2.99. The number of carbonyl (C=O) groups excluding carboxylic acids is 1. The summed E-state index contributed by atoms with van der Waals surface area (Å²) >= 11 is 0. The van der Waals surface area contributed by atoms with E-state index < -0.39 is 5.97 Å². The third-order valence-corrected chi connectivity index (χ3v) is 4.39. The molecule has 0 fully saturated rings. The van der Waals surface area contributed by atoms with E-state index in [0.717, 1.165) is 27.6 Å². The number of benzene rings is 2. The molecule has 0 aliphatic rings. The van der Waals surface area contributed by atoms with Crippen LogP contribution in [0.2, 0.25) is 0 Å². The topological polar surface area (TPSA) is 66.2 Å². The molecule has 0 N–H and O–H groups in total. The van der Waals surface area contributed by atoms with E-state index in [1.54, 1.807) is 25.4 Å². The Bertz CT molecular complexity index is 1150. The molecule has 0 aliphatic carbocycles. The Morgan fingerprint density at radius 3 is 2.44 bits per heavy atom. The summed E-state index contributed by atoms with van der Waals surface area (Å²) in [6.07, 6.45) is 3.23. The SMILES string of the molecule is COc1ccc2ccc(OC(=O)c3cnc4c(cnn4C(C)C)c3)cc2c1. The van der Waals surface area contributed by atoms with Gasteiger partial charge in [-0.05, 0) is 55.0 Å². The predicted octanol–water partition coefficient (Wildman–Crippen LogP) is 4.39. The summed E-state index contributed by atoms with van der Waals surface area (Å²) in [5.74, 6) is 0.769. The van der Waals surface area contributed by atoms with Crippen molar-refractivity contribution < 1.29 is 14.3 Å². The molecule has 0 unspecified atom stereocenters. The second-order valence-electron chi connectivity index (χ2n) is 6.58. The fourth-order valence-corrected chi connectivity index (χ4v) is 2.99. The minimum absolute atomic E-state index is 0.197. The van der Waals surface area contributed by atoms with Crippen molar-refractivity contribution in [2.75, 3.05) is 7.11 Å². The maximum Gasteiger partial charge on any atom is 0.345 e. The van der Waals surface area contributed by atoms with Crippen LogP contribution >= 0.6 is 0 Å². The fraction of sp³-hybridized carbons (Fsp3) is 0.190. The molecule has 136 valence electrons. The number of esters is 1. The van der Waals surface area contributed by atoms with Gasteiger partial charge in [-0.25, -0.2) is 14.5 Å². The van der Waals surface area contributed by atoms with Crippen LogP contribution in [0.4, 0.5) is 0 Å². The van der Waals surface area contributed by atoms with Gasteiger partial charge in [0.2, 0.25) is 0 Å². The van der Waals surface area contributed by atoms with Gasteiger partial charge in [-0.1, -0.05) is 12.1 Å². The number of ether oxygens (including phenoxy) is 2. The van der Waals surface area contributed by atoms with Crippen molar-refractivity contribution in [1.29, 1.82) is 0 Å². The molecule has 2 aromatic carbocycles. The first-order valence-electron chi connectivity index (χ1n) is 8.68. The zero-order chi connectivity index (χ0) is 19.0. The second-order valence-corrected chi connectivity index (χ2v) is 6.58. The van der Waals surface area contributed by atoms with E-state index in [9.17, 15) is 4.79 Å². The molecule has 0 bridgehead atoms. The lowest BCUT2D eigenvalue weighted by Gasteiger charge is -2.08. The summed E-state index contributed by atoms with van der Waals surface area (Å²) < 4.78 is 12.6. The zero-order valence-electron chi connectivity index (χ0n) is 15.3. The average Bonchev–Trinajstić information content (AvgIpc) is 3.10. The second kappa shape index (κ2) is 6.72. The minimum atomic E-state index is -0.455. The summed E-state index contributed by atoms with van der Waals surface area (Å²) in [6, 6.07) is 13.2. The van der Waals surface area contributed by atoms with Gasteiger partial charge in [-0.3, -0.25) is 0 Å². The van der Waals surface area contributed by atoms with Crippen LogP contribution in [0.15, 0.2) is 54.9 Å². The molecule has 0 radical (unpaired) electrons. The first-order chi connectivity index (χ1) is 13.0. The van der Waals surface area contributed by atoms with Gasteiger partial charge in [0.25, 0.3) is 0 Å². The smallest absolute Gasteiger partial charge is 0.345 e. The molecule has 0 aliphatic heterocycles. The lowest BCUT2D eigenvalue weighted by molar-refractivity contribution is 0.0735. The molecule has 2 aromatic heterocycles. The van der Waals surface area contributed by atoms with E-state index in [-0.39, 0.29) is 6.04 Å². The minimum Gasteiger partial charge on any atom is -0.497 e. The molecular formula is C21H19N3O3. The molecule has 0 saturated heterocycles. The highest BCUT2D eigenvalue weighted by atomic mass is 16.5. The van der Waals surface area contributed by atoms with E-state index in [4.69, 9.17) is 9.47 Å². The Labute approximate surface area is 156 Å². The number of rotatable bonds is 4. The van der Waals surface area contributed by atoms with Crippen LogP contribution < -0.4 is 9.47 Å². The largest absolute Gasteiger partial charge is 0.497 e. The van der Waals surface area contributed by atoms with Gasteiger partial charge in [0.1, 0.15) is 11.5 Å². The summed E-state index contributed by atoms with van der Waals surface area (Å²) in [5.41, 5.74) is 1.14. The summed E-state index contributed by atoms with van der Waals surface area (Å²) in [4.78, 5) is 16.9. The van der Waals surface area contributed by atoms with Crippen LogP contribution in [0.5, 0.6) is 11.5 Å². The summed E-state index contributed by atoms with van der Waals surface area (Å²) in [6.45, 7) is 4.07. The maximum absolute atomic E-state index is 12.5. The van der Waals surface area contributed by atoms with Crippen LogP contribution in [-0.4, -0.2) is 27.8 Å². The van der Waals surface area contributed by atoms with Gasteiger partial charge >= 0.3 is 5.97 Å². The molecule has 0 amide bonds. The molecule has 6 nitrogen and oxygen atoms in total. The van der Waals surface area contributed by atoms with Gasteiger partial charge in [-0.15, -0.1) is 0 Å². The highest BCUT2D eigenvalue weighted by Crippen LogP contribution is 2.26. The lowest BCUT2D eigenvalue weighted by Crippen LogP contribution is -2.09. The van der Waals surface area contributed by atoms with E-state index in [2.05, 4.69) is 10.1 Å². The Hall–Kier alpha value is -3.41. The van der Waals surface area contributed by atoms with Gasteiger partial charge in [-0.2, -0.15) is 5.10 Å². The Kier molecular flexibility index (Phi) is 4.24. The highest BCUT2D eigenvalue weighted by molar-refractivity contribution is 5.95. The van der Waals surface area contributed by atoms with Gasteiger partial charge < -0.3 is 9.47 Å². The summed E-state index contributed by atoms with van der Waals surface area (Å²) in [5, 5.41) is 7.10. The third-order valence-electron chi connectivity index (χ3n) is 4.39. The molecule has 0 saturated carbocycles. The first-order valence-corrected chi connectivity index (χ1v) is 8.68. The van der Waals surface area contributed by atoms with Crippen molar-refractivity contribution in [3.63, 3.8) is 0 Å². The van der Waals surface area contributed by atoms with Crippen LogP contribution in [0, 0.1) is 0 Å². The molecule has 0 spiro atoms.